The first-order chi connectivity index (χ1) is 3.39. The molecule has 0 saturated heterocycles. The van der Waals surface area contributed by atoms with Crippen molar-refractivity contribution < 1.29 is 2.85 Å². The van der Waals surface area contributed by atoms with Gasteiger partial charge in [0.25, 0.3) is 0 Å². The molecule has 0 aliphatic rings. The molecule has 0 N–H and O–H groups in total. The van der Waals surface area contributed by atoms with Crippen molar-refractivity contribution in [3.8, 4) is 0 Å². The van der Waals surface area contributed by atoms with E-state index in [2.05, 4.69) is 16.3 Å². The Balaban J connectivity index is 0. The van der Waals surface area contributed by atoms with Gasteiger partial charge in [0.15, 0.2) is 0 Å². The summed E-state index contributed by atoms with van der Waals surface area (Å²) in [5.41, 5.74) is 0. The molecule has 0 nitrogen and oxygen atoms in total. The normalized spacial score (nSPS) is 8.86. The van der Waals surface area contributed by atoms with Gasteiger partial charge in [-0.3, -0.25) is 0 Å². The maximum absolute atomic E-state index is 2.63. The zero-order chi connectivity index (χ0) is 5.11. The third-order valence-electron chi connectivity index (χ3n) is 0.800. The third kappa shape index (κ3) is 1.35. The van der Waals surface area contributed by atoms with E-state index in [1.807, 2.05) is 30.3 Å². The van der Waals surface area contributed by atoms with Gasteiger partial charge in [0.2, 0.25) is 0 Å². The summed E-state index contributed by atoms with van der Waals surface area (Å²) in [4.78, 5) is 0. The molecule has 0 bridgehead atoms. The molecular formula is C6H7Al. The molecule has 0 heterocycles. The van der Waals surface area contributed by atoms with Crippen LogP contribution in [-0.2, 0) is 0 Å². The van der Waals surface area contributed by atoms with Crippen LogP contribution in [0.4, 0.5) is 0 Å². The molecule has 0 aromatic heterocycles. The second-order valence-electron chi connectivity index (χ2n) is 1.41. The van der Waals surface area contributed by atoms with Crippen LogP contribution in [0, 0.1) is 0 Å². The fraction of sp³-hybridized carbons (Fsp3) is 0. The summed E-state index contributed by atoms with van der Waals surface area (Å²) in [5.74, 6) is 0. The predicted molar refractivity (Wildman–Crippen MR) is 34.1 cm³/mol. The molecule has 0 unspecified atom stereocenters. The van der Waals surface area contributed by atoms with Gasteiger partial charge in [0.05, 0.1) is 0 Å². The zero-order valence-electron chi connectivity index (χ0n) is 5.96. The van der Waals surface area contributed by atoms with Crippen LogP contribution < -0.4 is 4.43 Å². The van der Waals surface area contributed by atoms with E-state index < -0.39 is 0 Å². The van der Waals surface area contributed by atoms with Gasteiger partial charge >= 0.3 is 51.0 Å². The number of hydrogen-bond donors (Lipinski definition) is 0. The minimum Gasteiger partial charge on any atom is -1.00 e. The molecule has 0 atom stereocenters. The third-order valence-corrected chi connectivity index (χ3v) is 1.18. The Morgan fingerprint density at radius 3 is 2.00 bits per heavy atom. The molecule has 1 rings (SSSR count). The summed E-state index contributed by atoms with van der Waals surface area (Å²) < 4.78 is 1.24. The Morgan fingerprint density at radius 1 is 1.14 bits per heavy atom. The van der Waals surface area contributed by atoms with Crippen molar-refractivity contribution in [2.75, 3.05) is 0 Å². The molecule has 0 amide bonds. The van der Waals surface area contributed by atoms with Gasteiger partial charge in [-0.1, -0.05) is 0 Å². The predicted octanol–water partition coefficient (Wildman–Crippen LogP) is 0.705. The van der Waals surface area contributed by atoms with Gasteiger partial charge in [-0.25, -0.2) is 0 Å². The average molecular weight is 106 g/mol. The van der Waals surface area contributed by atoms with Gasteiger partial charge in [0, 0.05) is 0 Å². The Hall–Kier alpha value is -0.248. The SMILES string of the molecule is [Al+2][c]1ccccc1.[H-].[H-]. The van der Waals surface area contributed by atoms with Crippen LogP contribution in [0.2, 0.25) is 0 Å². The van der Waals surface area contributed by atoms with Crippen LogP contribution in [0.3, 0.4) is 0 Å². The monoisotopic (exact) mass is 106 g/mol. The van der Waals surface area contributed by atoms with Gasteiger partial charge in [-0.05, 0) is 0 Å². The van der Waals surface area contributed by atoms with Crippen molar-refractivity contribution in [3.05, 3.63) is 30.3 Å². The minimum absolute atomic E-state index is 0. The Morgan fingerprint density at radius 2 is 1.71 bits per heavy atom. The molecule has 0 saturated carbocycles. The summed E-state index contributed by atoms with van der Waals surface area (Å²) in [6.45, 7) is 0. The molecule has 0 aliphatic carbocycles. The standard InChI is InChI=1S/C6H5.Al.2H/c1-2-4-6-5-3-1;;;/h1-5H;;;/q;+2;2*-1. The molecule has 0 fully saturated rings. The van der Waals surface area contributed by atoms with Crippen molar-refractivity contribution in [2.45, 2.75) is 0 Å². The van der Waals surface area contributed by atoms with Crippen LogP contribution in [0.15, 0.2) is 30.3 Å². The maximum atomic E-state index is 2.63. The topological polar surface area (TPSA) is 0 Å². The molecule has 34 valence electrons. The van der Waals surface area contributed by atoms with Crippen molar-refractivity contribution in [1.29, 1.82) is 0 Å². The van der Waals surface area contributed by atoms with Crippen LogP contribution in [0.5, 0.6) is 0 Å². The summed E-state index contributed by atoms with van der Waals surface area (Å²) in [5, 5.41) is 0. The average Bonchev–Trinajstić information content (AvgIpc) is 1.69. The number of benzene rings is 1. The number of hydrogen-bond acceptors (Lipinski definition) is 0. The summed E-state index contributed by atoms with van der Waals surface area (Å²) >= 11 is 2.63. The largest absolute Gasteiger partial charge is 1.00 e. The van der Waals surface area contributed by atoms with Crippen LogP contribution in [-0.4, -0.2) is 16.3 Å². The van der Waals surface area contributed by atoms with Gasteiger partial charge < -0.3 is 2.85 Å². The molecule has 7 heavy (non-hydrogen) atoms. The smallest absolute Gasteiger partial charge is 1.00 e. The fourth-order valence-corrected chi connectivity index (χ4v) is 0.675. The van der Waals surface area contributed by atoms with E-state index in [4.69, 9.17) is 0 Å². The summed E-state index contributed by atoms with van der Waals surface area (Å²) in [6.07, 6.45) is 0. The van der Waals surface area contributed by atoms with Crippen LogP contribution in [0.1, 0.15) is 2.85 Å². The van der Waals surface area contributed by atoms with E-state index in [0.717, 1.165) is 0 Å². The van der Waals surface area contributed by atoms with Crippen molar-refractivity contribution >= 4 is 20.7 Å². The quantitative estimate of drug-likeness (QED) is 0.427. The second kappa shape index (κ2) is 2.16. The van der Waals surface area contributed by atoms with E-state index in [1.54, 1.807) is 0 Å². The van der Waals surface area contributed by atoms with E-state index in [1.165, 1.54) is 4.43 Å². The van der Waals surface area contributed by atoms with Crippen molar-refractivity contribution in [3.63, 3.8) is 0 Å². The van der Waals surface area contributed by atoms with Crippen molar-refractivity contribution in [2.24, 2.45) is 0 Å². The first kappa shape index (κ1) is 4.90. The van der Waals surface area contributed by atoms with E-state index in [-0.39, 0.29) is 2.85 Å². The van der Waals surface area contributed by atoms with Gasteiger partial charge in [0.1, 0.15) is 0 Å². The van der Waals surface area contributed by atoms with Crippen molar-refractivity contribution in [1.82, 2.24) is 0 Å². The second-order valence-corrected chi connectivity index (χ2v) is 2.08. The molecular weight excluding hydrogens is 99.0 g/mol. The van der Waals surface area contributed by atoms with E-state index in [9.17, 15) is 0 Å². The number of rotatable bonds is 0. The molecule has 0 spiro atoms. The summed E-state index contributed by atoms with van der Waals surface area (Å²) in [7, 11) is 0. The van der Waals surface area contributed by atoms with Gasteiger partial charge in [-0.2, -0.15) is 0 Å². The fourth-order valence-electron chi connectivity index (χ4n) is 0.453. The molecule has 0 radical (unpaired) electrons. The molecule has 0 aliphatic heterocycles. The first-order valence-corrected chi connectivity index (χ1v) is 2.78. The van der Waals surface area contributed by atoms with Crippen LogP contribution >= 0.6 is 0 Å². The van der Waals surface area contributed by atoms with E-state index in [0.29, 0.717) is 0 Å². The molecule has 1 aromatic rings. The zero-order valence-corrected chi connectivity index (χ0v) is 5.12. The Bertz CT molecular complexity index is 141. The Labute approximate surface area is 54.6 Å². The summed E-state index contributed by atoms with van der Waals surface area (Å²) in [6, 6.07) is 10.1. The molecule has 1 heteroatoms. The Kier molecular flexibility index (Phi) is 1.51. The van der Waals surface area contributed by atoms with Gasteiger partial charge in [-0.15, -0.1) is 0 Å². The van der Waals surface area contributed by atoms with Crippen LogP contribution in [0.25, 0.3) is 0 Å². The maximum Gasteiger partial charge on any atom is -1.00 e. The minimum atomic E-state index is 0. The first-order valence-electron chi connectivity index (χ1n) is 2.20. The van der Waals surface area contributed by atoms with E-state index >= 15 is 0 Å². The molecule has 1 aromatic carbocycles.